The van der Waals surface area contributed by atoms with E-state index in [1.54, 1.807) is 6.20 Å². The van der Waals surface area contributed by atoms with Crippen LogP contribution in [-0.2, 0) is 22.1 Å². The first kappa shape index (κ1) is 26.9. The standard InChI is InChI=1S/C28H33N5O3S/c1-33(2)15-3-13-31-37(34)25-7-4-21(5-8-25)18-28-30-14-10-26(32-28)22-6-9-27(23(19-22)20-29)36-24-11-16-35-17-12-24/h4-10,14,19,24,31H,3,11-13,15-18H2,1-2H3. The van der Waals surface area contributed by atoms with Gasteiger partial charge < -0.3 is 14.4 Å². The van der Waals surface area contributed by atoms with Gasteiger partial charge in [0.1, 0.15) is 34.7 Å². The van der Waals surface area contributed by atoms with Crippen LogP contribution in [0.4, 0.5) is 0 Å². The summed E-state index contributed by atoms with van der Waals surface area (Å²) in [5.41, 5.74) is 3.11. The first-order valence-corrected chi connectivity index (χ1v) is 13.7. The van der Waals surface area contributed by atoms with Gasteiger partial charge >= 0.3 is 0 Å². The predicted molar refractivity (Wildman–Crippen MR) is 143 cm³/mol. The van der Waals surface area contributed by atoms with Crippen molar-refractivity contribution in [3.05, 3.63) is 71.7 Å². The maximum Gasteiger partial charge on any atom is 0.137 e. The molecule has 1 atom stereocenters. The number of hydrogen-bond acceptors (Lipinski definition) is 7. The van der Waals surface area contributed by atoms with E-state index in [4.69, 9.17) is 14.5 Å². The number of rotatable bonds is 11. The van der Waals surface area contributed by atoms with Gasteiger partial charge in [0.15, 0.2) is 0 Å². The molecule has 1 aromatic heterocycles. The van der Waals surface area contributed by atoms with Gasteiger partial charge in [-0.15, -0.1) is 0 Å². The minimum Gasteiger partial charge on any atom is -0.489 e. The van der Waals surface area contributed by atoms with Gasteiger partial charge in [-0.05, 0) is 69.0 Å². The first-order valence-electron chi connectivity index (χ1n) is 12.5. The van der Waals surface area contributed by atoms with E-state index in [2.05, 4.69) is 20.7 Å². The summed E-state index contributed by atoms with van der Waals surface area (Å²) in [5.74, 6) is 1.27. The Morgan fingerprint density at radius 2 is 1.95 bits per heavy atom. The van der Waals surface area contributed by atoms with E-state index in [1.165, 1.54) is 0 Å². The van der Waals surface area contributed by atoms with Gasteiger partial charge in [-0.2, -0.15) is 5.26 Å². The number of nitrogens with zero attached hydrogens (tertiary/aromatic N) is 4. The molecular weight excluding hydrogens is 486 g/mol. The minimum absolute atomic E-state index is 0.0695. The van der Waals surface area contributed by atoms with E-state index < -0.39 is 11.0 Å². The highest BCUT2D eigenvalue weighted by Gasteiger charge is 2.17. The van der Waals surface area contributed by atoms with Gasteiger partial charge in [-0.25, -0.2) is 18.9 Å². The molecule has 37 heavy (non-hydrogen) atoms. The zero-order chi connectivity index (χ0) is 26.0. The summed E-state index contributed by atoms with van der Waals surface area (Å²) in [6, 6.07) is 17.4. The molecule has 194 valence electrons. The highest BCUT2D eigenvalue weighted by atomic mass is 32.2. The largest absolute Gasteiger partial charge is 0.489 e. The highest BCUT2D eigenvalue weighted by molar-refractivity contribution is 7.83. The molecule has 4 rings (SSSR count). The van der Waals surface area contributed by atoms with E-state index in [1.807, 2.05) is 62.6 Å². The van der Waals surface area contributed by atoms with Crippen LogP contribution in [0.3, 0.4) is 0 Å². The molecule has 0 aliphatic carbocycles. The summed E-state index contributed by atoms with van der Waals surface area (Å²) in [5, 5.41) is 9.70. The Hall–Kier alpha value is -3.16. The van der Waals surface area contributed by atoms with Gasteiger partial charge in [-0.3, -0.25) is 0 Å². The topological polar surface area (TPSA) is 100 Å². The van der Waals surface area contributed by atoms with Crippen molar-refractivity contribution in [1.29, 1.82) is 5.26 Å². The van der Waals surface area contributed by atoms with Crippen molar-refractivity contribution in [2.75, 3.05) is 40.4 Å². The third kappa shape index (κ3) is 7.91. The van der Waals surface area contributed by atoms with E-state index in [0.29, 0.717) is 43.3 Å². The van der Waals surface area contributed by atoms with Gasteiger partial charge in [0.2, 0.25) is 0 Å². The Balaban J connectivity index is 1.39. The summed E-state index contributed by atoms with van der Waals surface area (Å²) in [6.07, 6.45) is 4.94. The molecule has 9 heteroatoms. The number of aromatic nitrogens is 2. The Labute approximate surface area is 221 Å². The van der Waals surface area contributed by atoms with E-state index in [9.17, 15) is 9.47 Å². The molecule has 1 aliphatic rings. The average Bonchev–Trinajstić information content (AvgIpc) is 2.92. The van der Waals surface area contributed by atoms with Crippen LogP contribution in [-0.4, -0.2) is 65.6 Å². The first-order chi connectivity index (χ1) is 18.0. The summed E-state index contributed by atoms with van der Waals surface area (Å²) in [7, 11) is 2.82. The van der Waals surface area contributed by atoms with Crippen LogP contribution in [0.2, 0.25) is 0 Å². The quantitative estimate of drug-likeness (QED) is 0.385. The SMILES string of the molecule is CN(C)CCCNS(=O)c1ccc(Cc2nccc(-c3ccc(OC4CCOCC4)c(C#N)c3)n2)cc1. The number of ether oxygens (including phenoxy) is 2. The highest BCUT2D eigenvalue weighted by Crippen LogP contribution is 2.27. The van der Waals surface area contributed by atoms with Crippen molar-refractivity contribution in [2.24, 2.45) is 0 Å². The molecule has 0 amide bonds. The van der Waals surface area contributed by atoms with Gasteiger partial charge in [-0.1, -0.05) is 12.1 Å². The molecule has 1 unspecified atom stereocenters. The van der Waals surface area contributed by atoms with Crippen molar-refractivity contribution in [1.82, 2.24) is 19.6 Å². The molecule has 1 saturated heterocycles. The van der Waals surface area contributed by atoms with Crippen LogP contribution in [0.5, 0.6) is 5.75 Å². The minimum atomic E-state index is -1.23. The van der Waals surface area contributed by atoms with Crippen LogP contribution in [0.1, 0.15) is 36.2 Å². The second-order valence-electron chi connectivity index (χ2n) is 9.25. The van der Waals surface area contributed by atoms with Crippen LogP contribution in [0.25, 0.3) is 11.3 Å². The van der Waals surface area contributed by atoms with Crippen molar-refractivity contribution >= 4 is 11.0 Å². The molecule has 8 nitrogen and oxygen atoms in total. The monoisotopic (exact) mass is 519 g/mol. The third-order valence-corrected chi connectivity index (χ3v) is 7.24. The van der Waals surface area contributed by atoms with Crippen molar-refractivity contribution < 1.29 is 13.7 Å². The van der Waals surface area contributed by atoms with Gasteiger partial charge in [0, 0.05) is 37.6 Å². The van der Waals surface area contributed by atoms with Crippen LogP contribution >= 0.6 is 0 Å². The smallest absolute Gasteiger partial charge is 0.137 e. The van der Waals surface area contributed by atoms with E-state index in [0.717, 1.165) is 47.5 Å². The zero-order valence-electron chi connectivity index (χ0n) is 21.4. The molecule has 0 spiro atoms. The summed E-state index contributed by atoms with van der Waals surface area (Å²) < 4.78 is 27.0. The molecular formula is C28H33N5O3S. The molecule has 2 heterocycles. The maximum absolute atomic E-state index is 12.5. The second-order valence-corrected chi connectivity index (χ2v) is 10.5. The molecule has 3 aromatic rings. The zero-order valence-corrected chi connectivity index (χ0v) is 22.2. The van der Waals surface area contributed by atoms with E-state index >= 15 is 0 Å². The van der Waals surface area contributed by atoms with Crippen LogP contribution in [0.15, 0.2) is 59.6 Å². The lowest BCUT2D eigenvalue weighted by Crippen LogP contribution is -2.26. The number of nitriles is 1. The summed E-state index contributed by atoms with van der Waals surface area (Å²) in [6.45, 7) is 3.02. The molecule has 0 saturated carbocycles. The number of hydrogen-bond donors (Lipinski definition) is 1. The fourth-order valence-corrected chi connectivity index (χ4v) is 4.93. The normalized spacial score (nSPS) is 14.9. The van der Waals surface area contributed by atoms with Gasteiger partial charge in [0.25, 0.3) is 0 Å². The predicted octanol–water partition coefficient (Wildman–Crippen LogP) is 3.73. The Bertz CT molecular complexity index is 1240. The lowest BCUT2D eigenvalue weighted by Gasteiger charge is -2.23. The number of benzene rings is 2. The summed E-state index contributed by atoms with van der Waals surface area (Å²) in [4.78, 5) is 12.0. The Morgan fingerprint density at radius 3 is 2.68 bits per heavy atom. The molecule has 1 aliphatic heterocycles. The average molecular weight is 520 g/mol. The Morgan fingerprint density at radius 1 is 1.16 bits per heavy atom. The lowest BCUT2D eigenvalue weighted by molar-refractivity contribution is 0.0254. The second kappa shape index (κ2) is 13.4. The van der Waals surface area contributed by atoms with Crippen molar-refractivity contribution in [3.63, 3.8) is 0 Å². The van der Waals surface area contributed by atoms with Gasteiger partial charge in [0.05, 0.1) is 29.4 Å². The van der Waals surface area contributed by atoms with Crippen molar-refractivity contribution in [2.45, 2.75) is 36.7 Å². The molecule has 0 radical (unpaired) electrons. The fourth-order valence-electron chi connectivity index (χ4n) is 4.05. The van der Waals surface area contributed by atoms with E-state index in [-0.39, 0.29) is 6.10 Å². The molecule has 1 fully saturated rings. The summed E-state index contributed by atoms with van der Waals surface area (Å²) >= 11 is 0. The maximum atomic E-state index is 12.5. The molecule has 0 bridgehead atoms. The fraction of sp³-hybridized carbons (Fsp3) is 0.393. The van der Waals surface area contributed by atoms with Crippen LogP contribution < -0.4 is 9.46 Å². The Kier molecular flexibility index (Phi) is 9.74. The number of nitrogens with one attached hydrogen (secondary N) is 1. The lowest BCUT2D eigenvalue weighted by atomic mass is 10.1. The van der Waals surface area contributed by atoms with Crippen molar-refractivity contribution in [3.8, 4) is 23.1 Å². The third-order valence-electron chi connectivity index (χ3n) is 6.08. The molecule has 2 aromatic carbocycles. The van der Waals surface area contributed by atoms with Crippen LogP contribution in [0, 0.1) is 11.3 Å². The molecule has 1 N–H and O–H groups in total.